The lowest BCUT2D eigenvalue weighted by Crippen LogP contribution is -2.52. The van der Waals surface area contributed by atoms with Crippen molar-refractivity contribution >= 4 is 29.2 Å². The molecule has 2 rings (SSSR count). The molecule has 0 saturated heterocycles. The minimum atomic E-state index is -1.11. The molecule has 144 valence electrons. The Morgan fingerprint density at radius 2 is 1.81 bits per heavy atom. The summed E-state index contributed by atoms with van der Waals surface area (Å²) in [5.74, 6) is -1.59. The van der Waals surface area contributed by atoms with E-state index in [1.165, 1.54) is 5.38 Å². The van der Waals surface area contributed by atoms with Gasteiger partial charge in [0.05, 0.1) is 6.54 Å². The van der Waals surface area contributed by atoms with Gasteiger partial charge in [-0.05, 0) is 11.5 Å². The predicted molar refractivity (Wildman–Crippen MR) is 101 cm³/mol. The highest BCUT2D eigenvalue weighted by Crippen LogP contribution is 2.10. The van der Waals surface area contributed by atoms with Crippen LogP contribution < -0.4 is 16.0 Å². The Bertz CT molecular complexity index is 792. The molecule has 4 N–H and O–H groups in total. The number of hydrogen-bond acceptors (Lipinski definition) is 5. The van der Waals surface area contributed by atoms with Crippen molar-refractivity contribution in [2.24, 2.45) is 5.92 Å². The van der Waals surface area contributed by atoms with Crippen LogP contribution >= 0.6 is 11.3 Å². The largest absolute Gasteiger partial charge is 0.476 e. The van der Waals surface area contributed by atoms with E-state index in [1.807, 2.05) is 44.2 Å². The van der Waals surface area contributed by atoms with E-state index in [2.05, 4.69) is 20.9 Å². The number of carbonyl (C=O) groups excluding carboxylic acids is 2. The summed E-state index contributed by atoms with van der Waals surface area (Å²) in [4.78, 5) is 39.3. The topological polar surface area (TPSA) is 120 Å². The molecular formula is C18H22N4O4S. The fourth-order valence-electron chi connectivity index (χ4n) is 2.27. The minimum Gasteiger partial charge on any atom is -0.476 e. The molecule has 9 heteroatoms. The number of rotatable bonds is 8. The second-order valence-corrected chi connectivity index (χ2v) is 7.13. The van der Waals surface area contributed by atoms with Crippen LogP contribution in [-0.4, -0.2) is 34.0 Å². The number of hydrogen-bond donors (Lipinski definition) is 4. The normalized spacial score (nSPS) is 11.7. The zero-order chi connectivity index (χ0) is 19.8. The first-order chi connectivity index (χ1) is 12.9. The van der Waals surface area contributed by atoms with Gasteiger partial charge in [0.25, 0.3) is 0 Å². The smallest absolute Gasteiger partial charge is 0.355 e. The van der Waals surface area contributed by atoms with Crippen molar-refractivity contribution in [2.75, 3.05) is 0 Å². The molecule has 0 aliphatic carbocycles. The molecule has 0 spiro atoms. The van der Waals surface area contributed by atoms with Gasteiger partial charge in [-0.15, -0.1) is 11.3 Å². The van der Waals surface area contributed by atoms with Crippen LogP contribution in [0.1, 0.15) is 34.9 Å². The third kappa shape index (κ3) is 6.37. The van der Waals surface area contributed by atoms with Crippen LogP contribution in [0.2, 0.25) is 0 Å². The molecule has 0 bridgehead atoms. The van der Waals surface area contributed by atoms with Crippen LogP contribution in [0.4, 0.5) is 4.79 Å². The SMILES string of the molecule is CC(C)C(NC(=O)NCc1ccccc1)C(=O)NCc1nc(C(=O)O)cs1. The van der Waals surface area contributed by atoms with Crippen molar-refractivity contribution in [3.8, 4) is 0 Å². The molecule has 0 aliphatic rings. The molecule has 1 heterocycles. The maximum atomic E-state index is 12.4. The van der Waals surface area contributed by atoms with Gasteiger partial charge in [-0.3, -0.25) is 4.79 Å². The average molecular weight is 390 g/mol. The summed E-state index contributed by atoms with van der Waals surface area (Å²) >= 11 is 1.15. The van der Waals surface area contributed by atoms with Gasteiger partial charge >= 0.3 is 12.0 Å². The van der Waals surface area contributed by atoms with Gasteiger partial charge in [0.15, 0.2) is 5.69 Å². The molecule has 27 heavy (non-hydrogen) atoms. The Balaban J connectivity index is 1.86. The van der Waals surface area contributed by atoms with Crippen molar-refractivity contribution in [2.45, 2.75) is 33.0 Å². The third-order valence-corrected chi connectivity index (χ3v) is 4.57. The maximum absolute atomic E-state index is 12.4. The van der Waals surface area contributed by atoms with Crippen LogP contribution in [0.5, 0.6) is 0 Å². The Kier molecular flexibility index (Phi) is 7.30. The van der Waals surface area contributed by atoms with E-state index in [1.54, 1.807) is 0 Å². The molecule has 1 atom stereocenters. The summed E-state index contributed by atoms with van der Waals surface area (Å²) < 4.78 is 0. The zero-order valence-corrected chi connectivity index (χ0v) is 15.9. The van der Waals surface area contributed by atoms with Gasteiger partial charge in [-0.1, -0.05) is 44.2 Å². The van der Waals surface area contributed by atoms with Crippen molar-refractivity contribution in [3.05, 3.63) is 52.0 Å². The van der Waals surface area contributed by atoms with Crippen LogP contribution in [-0.2, 0) is 17.9 Å². The molecular weight excluding hydrogens is 368 g/mol. The molecule has 0 saturated carbocycles. The summed E-state index contributed by atoms with van der Waals surface area (Å²) in [5.41, 5.74) is 0.902. The molecule has 8 nitrogen and oxygen atoms in total. The first-order valence-electron chi connectivity index (χ1n) is 8.40. The summed E-state index contributed by atoms with van der Waals surface area (Å²) in [6.45, 7) is 4.12. The summed E-state index contributed by atoms with van der Waals surface area (Å²) in [7, 11) is 0. The highest BCUT2D eigenvalue weighted by Gasteiger charge is 2.24. The van der Waals surface area contributed by atoms with Gasteiger partial charge in [0.2, 0.25) is 5.91 Å². The Labute approximate surface area is 161 Å². The lowest BCUT2D eigenvalue weighted by atomic mass is 10.0. The second-order valence-electron chi connectivity index (χ2n) is 6.18. The van der Waals surface area contributed by atoms with Crippen molar-refractivity contribution in [1.82, 2.24) is 20.9 Å². The molecule has 1 aromatic carbocycles. The number of aromatic nitrogens is 1. The molecule has 0 aliphatic heterocycles. The first-order valence-corrected chi connectivity index (χ1v) is 9.28. The van der Waals surface area contributed by atoms with Crippen LogP contribution in [0, 0.1) is 5.92 Å². The number of thiazole rings is 1. The predicted octanol–water partition coefficient (Wildman–Crippen LogP) is 1.98. The molecule has 3 amide bonds. The van der Waals surface area contributed by atoms with Gasteiger partial charge in [-0.2, -0.15) is 0 Å². The number of urea groups is 1. The van der Waals surface area contributed by atoms with Gasteiger partial charge < -0.3 is 21.1 Å². The standard InChI is InChI=1S/C18H22N4O4S/c1-11(2)15(22-18(26)20-8-12-6-4-3-5-7-12)16(23)19-9-14-21-13(10-27-14)17(24)25/h3-7,10-11,15H,8-9H2,1-2H3,(H,19,23)(H,24,25)(H2,20,22,26). The number of carboxylic acids is 1. The number of carbonyl (C=O) groups is 3. The van der Waals surface area contributed by atoms with Gasteiger partial charge in [0, 0.05) is 11.9 Å². The minimum absolute atomic E-state index is 0.0527. The number of nitrogens with zero attached hydrogens (tertiary/aromatic N) is 1. The highest BCUT2D eigenvalue weighted by molar-refractivity contribution is 7.09. The van der Waals surface area contributed by atoms with E-state index in [-0.39, 0.29) is 24.1 Å². The number of benzene rings is 1. The van der Waals surface area contributed by atoms with Crippen molar-refractivity contribution in [1.29, 1.82) is 0 Å². The quantitative estimate of drug-likeness (QED) is 0.549. The average Bonchev–Trinajstić information content (AvgIpc) is 3.12. The second kappa shape index (κ2) is 9.67. The van der Waals surface area contributed by atoms with Crippen molar-refractivity contribution < 1.29 is 19.5 Å². The zero-order valence-electron chi connectivity index (χ0n) is 15.1. The van der Waals surface area contributed by atoms with Crippen LogP contribution in [0.3, 0.4) is 0 Å². The van der Waals surface area contributed by atoms with E-state index < -0.39 is 18.0 Å². The van der Waals surface area contributed by atoms with E-state index in [0.29, 0.717) is 11.6 Å². The fraction of sp³-hybridized carbons (Fsp3) is 0.333. The highest BCUT2D eigenvalue weighted by atomic mass is 32.1. The van der Waals surface area contributed by atoms with E-state index in [9.17, 15) is 14.4 Å². The van der Waals surface area contributed by atoms with Crippen molar-refractivity contribution in [3.63, 3.8) is 0 Å². The number of nitrogens with one attached hydrogen (secondary N) is 3. The molecule has 2 aromatic rings. The van der Waals surface area contributed by atoms with Gasteiger partial charge in [0.1, 0.15) is 11.0 Å². The maximum Gasteiger partial charge on any atom is 0.355 e. The Morgan fingerprint density at radius 3 is 2.41 bits per heavy atom. The number of carboxylic acid groups (broad SMARTS) is 1. The van der Waals surface area contributed by atoms with Crippen LogP contribution in [0.25, 0.3) is 0 Å². The number of amides is 3. The summed E-state index contributed by atoms with van der Waals surface area (Å²) in [6.07, 6.45) is 0. The monoisotopic (exact) mass is 390 g/mol. The van der Waals surface area contributed by atoms with Crippen LogP contribution in [0.15, 0.2) is 35.7 Å². The van der Waals surface area contributed by atoms with Gasteiger partial charge in [-0.25, -0.2) is 14.6 Å². The summed E-state index contributed by atoms with van der Waals surface area (Å²) in [6, 6.07) is 8.29. The fourth-order valence-corrected chi connectivity index (χ4v) is 2.98. The molecule has 0 radical (unpaired) electrons. The van der Waals surface area contributed by atoms with E-state index in [0.717, 1.165) is 16.9 Å². The Morgan fingerprint density at radius 1 is 1.11 bits per heavy atom. The molecule has 0 fully saturated rings. The lowest BCUT2D eigenvalue weighted by molar-refractivity contribution is -0.124. The van der Waals surface area contributed by atoms with E-state index >= 15 is 0 Å². The summed E-state index contributed by atoms with van der Waals surface area (Å²) in [5, 5.41) is 18.9. The lowest BCUT2D eigenvalue weighted by Gasteiger charge is -2.21. The van der Waals surface area contributed by atoms with E-state index in [4.69, 9.17) is 5.11 Å². The number of aromatic carboxylic acids is 1. The molecule has 1 unspecified atom stereocenters. The molecule has 1 aromatic heterocycles. The third-order valence-electron chi connectivity index (χ3n) is 3.72. The first kappa shape index (κ1) is 20.4. The Hall–Kier alpha value is -2.94.